The largest absolute Gasteiger partial charge is 0.441 e. The fourth-order valence-electron chi connectivity index (χ4n) is 6.00. The number of amides is 1. The van der Waals surface area contributed by atoms with E-state index in [9.17, 15) is 4.79 Å². The number of hydrogen-bond acceptors (Lipinski definition) is 4. The normalized spacial score (nSPS) is 24.6. The molecule has 6 nitrogen and oxygen atoms in total. The number of ether oxygens (including phenoxy) is 1. The summed E-state index contributed by atoms with van der Waals surface area (Å²) in [5, 5.41) is 0. The number of aromatic nitrogens is 2. The van der Waals surface area contributed by atoms with Gasteiger partial charge in [-0.15, -0.1) is 0 Å². The molecule has 2 aromatic rings. The molecule has 0 bridgehead atoms. The van der Waals surface area contributed by atoms with Gasteiger partial charge in [-0.05, 0) is 75.1 Å². The molecule has 2 fully saturated rings. The van der Waals surface area contributed by atoms with Gasteiger partial charge >= 0.3 is 6.09 Å². The van der Waals surface area contributed by atoms with Crippen molar-refractivity contribution in [2.24, 2.45) is 16.3 Å². The highest BCUT2D eigenvalue weighted by Crippen LogP contribution is 2.41. The smallest absolute Gasteiger partial charge is 0.410 e. The van der Waals surface area contributed by atoms with Crippen LogP contribution < -0.4 is 0 Å². The molecule has 1 spiro atoms. The van der Waals surface area contributed by atoms with Gasteiger partial charge in [-0.3, -0.25) is 4.99 Å². The summed E-state index contributed by atoms with van der Waals surface area (Å²) in [7, 11) is 0. The van der Waals surface area contributed by atoms with Gasteiger partial charge in [0, 0.05) is 24.2 Å². The maximum Gasteiger partial charge on any atom is 0.410 e. The van der Waals surface area contributed by atoms with Crippen molar-refractivity contribution in [3.05, 3.63) is 66.0 Å². The lowest BCUT2D eigenvalue weighted by atomic mass is 9.77. The second-order valence-corrected chi connectivity index (χ2v) is 11.8. The Kier molecular flexibility index (Phi) is 7.11. The predicted octanol–water partition coefficient (Wildman–Crippen LogP) is 6.66. The van der Waals surface area contributed by atoms with Gasteiger partial charge in [-0.1, -0.05) is 50.3 Å². The molecule has 2 heterocycles. The molecule has 196 valence electrons. The molecule has 2 unspecified atom stereocenters. The van der Waals surface area contributed by atoms with Gasteiger partial charge in [0.2, 0.25) is 0 Å². The molecule has 0 radical (unpaired) electrons. The summed E-state index contributed by atoms with van der Waals surface area (Å²) < 4.78 is 8.43. The zero-order valence-corrected chi connectivity index (χ0v) is 22.7. The zero-order valence-electron chi connectivity index (χ0n) is 22.7. The molecule has 1 saturated carbocycles. The average molecular weight is 501 g/mol. The van der Waals surface area contributed by atoms with Crippen LogP contribution in [-0.4, -0.2) is 51.5 Å². The molecule has 3 aliphatic rings. The standard InChI is InChI=1S/C31H40N4O2/c1-23-13-14-27-28(16-23)34(22-33-27)19-26-12-9-15-31(17-26)21-35(29(36)37-31)20-30(3,4)24(2)32-18-25-10-7-5-6-8-11-25/h5-7,10-11,13-14,16,22,26H,8-9,12,15,17-21H2,1-4H3/b32-24+. The van der Waals surface area contributed by atoms with Crippen LogP contribution in [0.1, 0.15) is 58.4 Å². The van der Waals surface area contributed by atoms with E-state index >= 15 is 0 Å². The van der Waals surface area contributed by atoms with Gasteiger partial charge in [0.25, 0.3) is 0 Å². The van der Waals surface area contributed by atoms with Crippen LogP contribution in [0.15, 0.2) is 65.5 Å². The molecular formula is C31H40N4O2. The summed E-state index contributed by atoms with van der Waals surface area (Å²) in [6, 6.07) is 6.41. The van der Waals surface area contributed by atoms with Crippen molar-refractivity contribution in [3.8, 4) is 0 Å². The monoisotopic (exact) mass is 500 g/mol. The van der Waals surface area contributed by atoms with Crippen molar-refractivity contribution in [3.63, 3.8) is 0 Å². The fraction of sp³-hybridized carbons (Fsp3) is 0.516. The van der Waals surface area contributed by atoms with E-state index < -0.39 is 0 Å². The number of benzene rings is 1. The van der Waals surface area contributed by atoms with Gasteiger partial charge in [0.05, 0.1) is 30.5 Å². The first-order chi connectivity index (χ1) is 17.7. The Morgan fingerprint density at radius 2 is 2.16 bits per heavy atom. The third-order valence-corrected chi connectivity index (χ3v) is 8.32. The number of hydrogen-bond donors (Lipinski definition) is 0. The fourth-order valence-corrected chi connectivity index (χ4v) is 6.00. The van der Waals surface area contributed by atoms with Crippen molar-refractivity contribution in [1.82, 2.24) is 14.5 Å². The highest BCUT2D eigenvalue weighted by Gasteiger charge is 2.49. The Labute approximate surface area is 220 Å². The zero-order chi connectivity index (χ0) is 26.0. The van der Waals surface area contributed by atoms with Gasteiger partial charge in [0.1, 0.15) is 5.60 Å². The number of carbonyl (C=O) groups excluding carboxylic acids is 1. The van der Waals surface area contributed by atoms with Gasteiger partial charge in [-0.25, -0.2) is 9.78 Å². The van der Waals surface area contributed by atoms with E-state index in [1.165, 1.54) is 16.7 Å². The number of imidazole rings is 1. The first-order valence-electron chi connectivity index (χ1n) is 13.7. The molecular weight excluding hydrogens is 460 g/mol. The van der Waals surface area contributed by atoms with Crippen LogP contribution in [-0.2, 0) is 11.3 Å². The minimum absolute atomic E-state index is 0.175. The van der Waals surface area contributed by atoms with Crippen LogP contribution in [0.4, 0.5) is 4.79 Å². The van der Waals surface area contributed by atoms with E-state index in [1.54, 1.807) is 0 Å². The summed E-state index contributed by atoms with van der Waals surface area (Å²) in [4.78, 5) is 24.5. The molecule has 37 heavy (non-hydrogen) atoms. The maximum absolute atomic E-state index is 13.1. The number of aryl methyl sites for hydroxylation is 1. The summed E-state index contributed by atoms with van der Waals surface area (Å²) >= 11 is 0. The first kappa shape index (κ1) is 25.5. The average Bonchev–Trinajstić information content (AvgIpc) is 3.24. The van der Waals surface area contributed by atoms with E-state index in [4.69, 9.17) is 9.73 Å². The number of aliphatic imine (C=N–C) groups is 1. The molecule has 2 atom stereocenters. The Hall–Kier alpha value is -3.15. The molecule has 1 aromatic heterocycles. The van der Waals surface area contributed by atoms with Gasteiger partial charge in [0.15, 0.2) is 0 Å². The second kappa shape index (κ2) is 10.3. The molecule has 0 N–H and O–H groups in total. The lowest BCUT2D eigenvalue weighted by Crippen LogP contribution is -2.43. The third kappa shape index (κ3) is 5.73. The van der Waals surface area contributed by atoms with Crippen LogP contribution in [0.5, 0.6) is 0 Å². The summed E-state index contributed by atoms with van der Waals surface area (Å²) in [5.41, 5.74) is 5.17. The number of allylic oxidation sites excluding steroid dienone is 4. The van der Waals surface area contributed by atoms with E-state index in [0.717, 1.165) is 49.9 Å². The summed E-state index contributed by atoms with van der Waals surface area (Å²) in [5.74, 6) is 0.464. The summed E-state index contributed by atoms with van der Waals surface area (Å²) in [6.07, 6.45) is 17.5. The van der Waals surface area contributed by atoms with Crippen molar-refractivity contribution < 1.29 is 9.53 Å². The van der Waals surface area contributed by atoms with E-state index in [1.807, 2.05) is 11.2 Å². The van der Waals surface area contributed by atoms with Crippen LogP contribution in [0.2, 0.25) is 0 Å². The first-order valence-corrected chi connectivity index (χ1v) is 13.7. The maximum atomic E-state index is 13.1. The lowest BCUT2D eigenvalue weighted by Gasteiger charge is -2.36. The van der Waals surface area contributed by atoms with Gasteiger partial charge < -0.3 is 14.2 Å². The Bertz CT molecular complexity index is 1280. The quantitative estimate of drug-likeness (QED) is 0.400. The van der Waals surface area contributed by atoms with Crippen molar-refractivity contribution >= 4 is 22.8 Å². The van der Waals surface area contributed by atoms with Crippen molar-refractivity contribution in [1.29, 1.82) is 0 Å². The Morgan fingerprint density at radius 1 is 1.30 bits per heavy atom. The van der Waals surface area contributed by atoms with Crippen LogP contribution >= 0.6 is 0 Å². The Balaban J connectivity index is 1.22. The second-order valence-electron chi connectivity index (χ2n) is 11.8. The third-order valence-electron chi connectivity index (χ3n) is 8.32. The molecule has 1 aliphatic heterocycles. The van der Waals surface area contributed by atoms with Crippen molar-refractivity contribution in [2.75, 3.05) is 19.6 Å². The number of fused-ring (bicyclic) bond motifs is 1. The van der Waals surface area contributed by atoms with Gasteiger partial charge in [-0.2, -0.15) is 0 Å². The molecule has 5 rings (SSSR count). The number of nitrogens with zero attached hydrogens (tertiary/aromatic N) is 4. The van der Waals surface area contributed by atoms with Crippen LogP contribution in [0.3, 0.4) is 0 Å². The number of carbonyl (C=O) groups is 1. The highest BCUT2D eigenvalue weighted by atomic mass is 16.6. The Morgan fingerprint density at radius 3 is 3.03 bits per heavy atom. The molecule has 1 aromatic carbocycles. The van der Waals surface area contributed by atoms with E-state index in [2.05, 4.69) is 85.8 Å². The number of rotatable bonds is 7. The summed E-state index contributed by atoms with van der Waals surface area (Å²) in [6.45, 7) is 11.4. The van der Waals surface area contributed by atoms with Crippen LogP contribution in [0, 0.1) is 18.3 Å². The van der Waals surface area contributed by atoms with E-state index in [0.29, 0.717) is 25.6 Å². The minimum atomic E-state index is -0.379. The topological polar surface area (TPSA) is 59.7 Å². The van der Waals surface area contributed by atoms with Crippen LogP contribution in [0.25, 0.3) is 11.0 Å². The molecule has 2 aliphatic carbocycles. The van der Waals surface area contributed by atoms with Crippen molar-refractivity contribution in [2.45, 2.75) is 71.9 Å². The van der Waals surface area contributed by atoms with E-state index in [-0.39, 0.29) is 17.1 Å². The molecule has 1 amide bonds. The highest BCUT2D eigenvalue weighted by molar-refractivity contribution is 5.88. The molecule has 6 heteroatoms. The molecule has 1 saturated heterocycles. The lowest BCUT2D eigenvalue weighted by molar-refractivity contribution is 0.00413. The SMILES string of the molecule is C/C(=N\CC1=CCC=CC=C1)C(C)(C)CN1CC2(CCCC(Cn3cnc4ccc(C)cc43)C2)OC1=O. The predicted molar refractivity (Wildman–Crippen MR) is 150 cm³/mol. The minimum Gasteiger partial charge on any atom is -0.441 e.